The first-order chi connectivity index (χ1) is 14.7. The average molecular weight is 424 g/mol. The van der Waals surface area contributed by atoms with Gasteiger partial charge in [-0.1, -0.05) is 35.4 Å². The molecule has 6 heteroatoms. The summed E-state index contributed by atoms with van der Waals surface area (Å²) >= 11 is 0. The molecule has 1 aliphatic rings. The average Bonchev–Trinajstić information content (AvgIpc) is 2.70. The van der Waals surface area contributed by atoms with Crippen LogP contribution in [0.4, 0.5) is 0 Å². The van der Waals surface area contributed by atoms with Crippen molar-refractivity contribution < 1.29 is 30.0 Å². The van der Waals surface area contributed by atoms with Gasteiger partial charge in [0.25, 0.3) is 0 Å². The monoisotopic (exact) mass is 424 g/mol. The standard InChI is InChI=1S/C25H28O6/c1-14(2)5-4-6-15(3)7-12-18-19(27)13-20-21(22(18)28)23(29)24(30)25(31-20)16-8-10-17(26)11-9-16/h5,7-11,13,24-28,30H,4,6,12H2,1-3H3/b15-7+/t24-,25+/m0/s1. The van der Waals surface area contributed by atoms with Crippen LogP contribution in [0, 0.1) is 0 Å². The number of hydrogen-bond acceptors (Lipinski definition) is 6. The zero-order chi connectivity index (χ0) is 22.7. The minimum atomic E-state index is -1.53. The van der Waals surface area contributed by atoms with Gasteiger partial charge in [-0.15, -0.1) is 0 Å². The van der Waals surface area contributed by atoms with Crippen molar-refractivity contribution in [3.05, 3.63) is 70.3 Å². The molecule has 0 unspecified atom stereocenters. The molecule has 4 N–H and O–H groups in total. The fraction of sp³-hybridized carbons (Fsp3) is 0.320. The molecule has 0 radical (unpaired) electrons. The molecule has 164 valence electrons. The minimum absolute atomic E-state index is 0.0105. The molecule has 0 saturated heterocycles. The van der Waals surface area contributed by atoms with E-state index in [2.05, 4.69) is 6.08 Å². The van der Waals surface area contributed by atoms with E-state index in [9.17, 15) is 25.2 Å². The Labute approximate surface area is 181 Å². The number of fused-ring (bicyclic) bond motifs is 1. The second-order valence-electron chi connectivity index (χ2n) is 8.11. The fourth-order valence-electron chi connectivity index (χ4n) is 3.57. The summed E-state index contributed by atoms with van der Waals surface area (Å²) in [4.78, 5) is 12.9. The van der Waals surface area contributed by atoms with Gasteiger partial charge in [0.15, 0.2) is 12.2 Å². The van der Waals surface area contributed by atoms with Gasteiger partial charge in [-0.3, -0.25) is 4.79 Å². The molecule has 0 aromatic heterocycles. The van der Waals surface area contributed by atoms with Crippen LogP contribution < -0.4 is 4.74 Å². The predicted octanol–water partition coefficient (Wildman–Crippen LogP) is 4.72. The number of benzene rings is 2. The van der Waals surface area contributed by atoms with Crippen molar-refractivity contribution in [2.75, 3.05) is 0 Å². The van der Waals surface area contributed by atoms with Crippen molar-refractivity contribution in [2.24, 2.45) is 0 Å². The Kier molecular flexibility index (Phi) is 6.71. The van der Waals surface area contributed by atoms with Crippen LogP contribution in [0.3, 0.4) is 0 Å². The number of allylic oxidation sites excluding steroid dienone is 4. The van der Waals surface area contributed by atoms with Crippen LogP contribution in [0.2, 0.25) is 0 Å². The summed E-state index contributed by atoms with van der Waals surface area (Å²) < 4.78 is 5.76. The number of carbonyl (C=O) groups excluding carboxylic acids is 1. The summed E-state index contributed by atoms with van der Waals surface area (Å²) in [5.41, 5.74) is 2.92. The third-order valence-corrected chi connectivity index (χ3v) is 5.37. The maximum Gasteiger partial charge on any atom is 0.202 e. The van der Waals surface area contributed by atoms with E-state index in [-0.39, 0.29) is 40.5 Å². The molecule has 2 atom stereocenters. The lowest BCUT2D eigenvalue weighted by molar-refractivity contribution is 0.0210. The molecule has 31 heavy (non-hydrogen) atoms. The van der Waals surface area contributed by atoms with E-state index >= 15 is 0 Å². The highest BCUT2D eigenvalue weighted by Gasteiger charge is 2.40. The lowest BCUT2D eigenvalue weighted by Crippen LogP contribution is -2.36. The molecular weight excluding hydrogens is 396 g/mol. The summed E-state index contributed by atoms with van der Waals surface area (Å²) in [6.45, 7) is 6.07. The number of Topliss-reactive ketones (excluding diaryl/α,β-unsaturated/α-hetero) is 1. The number of aromatic hydroxyl groups is 3. The molecule has 0 bridgehead atoms. The van der Waals surface area contributed by atoms with E-state index in [0.29, 0.717) is 5.56 Å². The van der Waals surface area contributed by atoms with Crippen LogP contribution in [-0.4, -0.2) is 32.3 Å². The fourth-order valence-corrected chi connectivity index (χ4v) is 3.57. The van der Waals surface area contributed by atoms with Crippen LogP contribution in [-0.2, 0) is 6.42 Å². The summed E-state index contributed by atoms with van der Waals surface area (Å²) in [6, 6.07) is 7.23. The molecule has 3 rings (SSSR count). The maximum absolute atomic E-state index is 12.9. The topological polar surface area (TPSA) is 107 Å². The van der Waals surface area contributed by atoms with E-state index < -0.39 is 18.0 Å². The lowest BCUT2D eigenvalue weighted by Gasteiger charge is -2.30. The highest BCUT2D eigenvalue weighted by Crippen LogP contribution is 2.45. The molecular formula is C25H28O6. The first kappa shape index (κ1) is 22.4. The Morgan fingerprint density at radius 1 is 1.06 bits per heavy atom. The molecule has 0 fully saturated rings. The van der Waals surface area contributed by atoms with E-state index in [1.807, 2.05) is 26.8 Å². The zero-order valence-electron chi connectivity index (χ0n) is 17.9. The summed E-state index contributed by atoms with van der Waals surface area (Å²) in [6.07, 6.45) is 3.52. The molecule has 6 nitrogen and oxygen atoms in total. The Bertz CT molecular complexity index is 1030. The van der Waals surface area contributed by atoms with Gasteiger partial charge in [-0.25, -0.2) is 0 Å². The van der Waals surface area contributed by atoms with E-state index in [1.165, 1.54) is 23.8 Å². The number of hydrogen-bond donors (Lipinski definition) is 4. The molecule has 0 aliphatic carbocycles. The van der Waals surface area contributed by atoms with E-state index in [0.717, 1.165) is 18.4 Å². The van der Waals surface area contributed by atoms with Crippen LogP contribution in [0.5, 0.6) is 23.0 Å². The van der Waals surface area contributed by atoms with Gasteiger partial charge < -0.3 is 25.2 Å². The van der Waals surface area contributed by atoms with Gasteiger partial charge >= 0.3 is 0 Å². The number of phenols is 3. The Morgan fingerprint density at radius 3 is 2.39 bits per heavy atom. The molecule has 0 saturated carbocycles. The first-order valence-electron chi connectivity index (χ1n) is 10.2. The second-order valence-corrected chi connectivity index (χ2v) is 8.11. The van der Waals surface area contributed by atoms with Gasteiger partial charge in [-0.05, 0) is 57.7 Å². The molecule has 2 aromatic rings. The third-order valence-electron chi connectivity index (χ3n) is 5.37. The molecule has 0 amide bonds. The van der Waals surface area contributed by atoms with Gasteiger partial charge in [-0.2, -0.15) is 0 Å². The highest BCUT2D eigenvalue weighted by molar-refractivity contribution is 6.06. The van der Waals surface area contributed by atoms with E-state index in [1.54, 1.807) is 12.1 Å². The Hall–Kier alpha value is -3.25. The van der Waals surface area contributed by atoms with E-state index in [4.69, 9.17) is 4.74 Å². The number of ether oxygens (including phenoxy) is 1. The Balaban J connectivity index is 1.87. The number of aliphatic hydroxyl groups excluding tert-OH is 1. The van der Waals surface area contributed by atoms with Gasteiger partial charge in [0, 0.05) is 11.6 Å². The first-order valence-corrected chi connectivity index (χ1v) is 10.2. The van der Waals surface area contributed by atoms with Gasteiger partial charge in [0.05, 0.1) is 0 Å². The number of phenolic OH excluding ortho intramolecular Hbond substituents is 3. The van der Waals surface area contributed by atoms with Crippen LogP contribution in [0.15, 0.2) is 53.6 Å². The normalized spacial score (nSPS) is 18.3. The van der Waals surface area contributed by atoms with Crippen molar-refractivity contribution in [1.29, 1.82) is 0 Å². The van der Waals surface area contributed by atoms with Crippen molar-refractivity contribution in [2.45, 2.75) is 52.2 Å². The molecule has 2 aromatic carbocycles. The third kappa shape index (κ3) is 4.91. The number of rotatable bonds is 6. The van der Waals surface area contributed by atoms with Crippen molar-refractivity contribution in [3.63, 3.8) is 0 Å². The molecule has 0 spiro atoms. The van der Waals surface area contributed by atoms with Crippen LogP contribution >= 0.6 is 0 Å². The second kappa shape index (κ2) is 9.27. The predicted molar refractivity (Wildman–Crippen MR) is 118 cm³/mol. The Morgan fingerprint density at radius 2 is 1.74 bits per heavy atom. The minimum Gasteiger partial charge on any atom is -0.508 e. The van der Waals surface area contributed by atoms with Crippen molar-refractivity contribution in [1.82, 2.24) is 0 Å². The quantitative estimate of drug-likeness (QED) is 0.500. The maximum atomic E-state index is 12.9. The summed E-state index contributed by atoms with van der Waals surface area (Å²) in [7, 11) is 0. The van der Waals surface area contributed by atoms with Crippen LogP contribution in [0.1, 0.15) is 61.2 Å². The molecule has 1 aliphatic heterocycles. The van der Waals surface area contributed by atoms with Crippen molar-refractivity contribution in [3.8, 4) is 23.0 Å². The van der Waals surface area contributed by atoms with Gasteiger partial charge in [0.1, 0.15) is 28.6 Å². The smallest absolute Gasteiger partial charge is 0.202 e. The summed E-state index contributed by atoms with van der Waals surface area (Å²) in [5, 5.41) is 41.2. The number of carbonyl (C=O) groups is 1. The summed E-state index contributed by atoms with van der Waals surface area (Å²) in [5.74, 6) is -1.18. The number of aliphatic hydroxyl groups is 1. The highest BCUT2D eigenvalue weighted by atomic mass is 16.5. The largest absolute Gasteiger partial charge is 0.508 e. The van der Waals surface area contributed by atoms with Gasteiger partial charge in [0.2, 0.25) is 5.78 Å². The van der Waals surface area contributed by atoms with Crippen LogP contribution in [0.25, 0.3) is 0 Å². The molecule has 1 heterocycles. The number of ketones is 1. The SMILES string of the molecule is CC(C)=CCC/C(C)=C/Cc1c(O)cc2c(c1O)C(=O)[C@H](O)[C@@H](c1ccc(O)cc1)O2. The zero-order valence-corrected chi connectivity index (χ0v) is 17.9. The lowest BCUT2D eigenvalue weighted by atomic mass is 9.90. The van der Waals surface area contributed by atoms with Crippen molar-refractivity contribution >= 4 is 5.78 Å².